The van der Waals surface area contributed by atoms with Crippen molar-refractivity contribution in [3.63, 3.8) is 0 Å². The molecule has 1 N–H and O–H groups in total. The molecule has 0 saturated carbocycles. The first-order valence-electron chi connectivity index (χ1n) is 3.45. The van der Waals surface area contributed by atoms with Crippen molar-refractivity contribution in [2.24, 2.45) is 0 Å². The second kappa shape index (κ2) is 3.55. The van der Waals surface area contributed by atoms with E-state index in [1.165, 1.54) is 0 Å². The van der Waals surface area contributed by atoms with Crippen LogP contribution >= 0.6 is 31.9 Å². The summed E-state index contributed by atoms with van der Waals surface area (Å²) in [5, 5.41) is 6.53. The van der Waals surface area contributed by atoms with Gasteiger partial charge < -0.3 is 0 Å². The van der Waals surface area contributed by atoms with Crippen LogP contribution in [-0.2, 0) is 0 Å². The number of hydrogen-bond donors (Lipinski definition) is 1. The number of halogens is 2. The molecule has 0 aliphatic heterocycles. The fraction of sp³-hybridized carbons (Fsp3) is 0. The van der Waals surface area contributed by atoms with E-state index in [9.17, 15) is 0 Å². The molecule has 13 heavy (non-hydrogen) atoms. The van der Waals surface area contributed by atoms with Crippen molar-refractivity contribution < 1.29 is 0 Å². The lowest BCUT2D eigenvalue weighted by atomic mass is 10.3. The monoisotopic (exact) mass is 302 g/mol. The third kappa shape index (κ3) is 1.94. The van der Waals surface area contributed by atoms with Gasteiger partial charge in [0.15, 0.2) is 5.82 Å². The van der Waals surface area contributed by atoms with Crippen molar-refractivity contribution in [1.29, 1.82) is 0 Å². The van der Waals surface area contributed by atoms with Crippen LogP contribution in [0.2, 0.25) is 0 Å². The Morgan fingerprint density at radius 2 is 1.85 bits per heavy atom. The number of hydrogen-bond acceptors (Lipinski definition) is 3. The summed E-state index contributed by atoms with van der Waals surface area (Å²) in [5.74, 6) is 0.634. The van der Waals surface area contributed by atoms with E-state index in [0.29, 0.717) is 5.82 Å². The second-order valence-corrected chi connectivity index (χ2v) is 3.95. The van der Waals surface area contributed by atoms with Gasteiger partial charge in [0.05, 0.1) is 11.8 Å². The largest absolute Gasteiger partial charge is 0.285 e. The Labute approximate surface area is 91.1 Å². The van der Waals surface area contributed by atoms with Crippen LogP contribution in [-0.4, -0.2) is 20.2 Å². The van der Waals surface area contributed by atoms with Crippen molar-refractivity contribution >= 4 is 31.9 Å². The molecule has 0 aromatic carbocycles. The van der Waals surface area contributed by atoms with Crippen LogP contribution in [0.25, 0.3) is 11.4 Å². The van der Waals surface area contributed by atoms with Crippen molar-refractivity contribution in [1.82, 2.24) is 20.2 Å². The quantitative estimate of drug-likeness (QED) is 0.823. The maximum Gasteiger partial charge on any atom is 0.164 e. The highest BCUT2D eigenvalue weighted by Gasteiger charge is 2.04. The van der Waals surface area contributed by atoms with E-state index in [0.717, 1.165) is 14.8 Å². The molecule has 6 heteroatoms. The van der Waals surface area contributed by atoms with Crippen LogP contribution in [0.5, 0.6) is 0 Å². The van der Waals surface area contributed by atoms with E-state index in [4.69, 9.17) is 0 Å². The van der Waals surface area contributed by atoms with Crippen LogP contribution in [0.15, 0.2) is 27.7 Å². The molecule has 2 aromatic heterocycles. The van der Waals surface area contributed by atoms with Crippen molar-refractivity contribution in [3.8, 4) is 11.4 Å². The van der Waals surface area contributed by atoms with Crippen LogP contribution in [0, 0.1) is 0 Å². The number of rotatable bonds is 1. The summed E-state index contributed by atoms with van der Waals surface area (Å²) >= 11 is 6.57. The Hall–Kier alpha value is -0.750. The molecule has 0 aliphatic rings. The summed E-state index contributed by atoms with van der Waals surface area (Å²) < 4.78 is 1.48. The van der Waals surface area contributed by atoms with Gasteiger partial charge >= 0.3 is 0 Å². The van der Waals surface area contributed by atoms with Gasteiger partial charge in [0.25, 0.3) is 0 Å². The topological polar surface area (TPSA) is 54.5 Å². The molecule has 4 nitrogen and oxygen atoms in total. The molecule has 2 aromatic rings. The molecular formula is C7H4Br2N4. The lowest BCUT2D eigenvalue weighted by molar-refractivity contribution is 1.09. The number of nitrogens with zero attached hydrogens (tertiary/aromatic N) is 3. The molecule has 0 radical (unpaired) electrons. The lowest BCUT2D eigenvalue weighted by Gasteiger charge is -1.97. The smallest absolute Gasteiger partial charge is 0.164 e. The third-order valence-corrected chi connectivity index (χ3v) is 2.23. The Morgan fingerprint density at radius 3 is 2.38 bits per heavy atom. The van der Waals surface area contributed by atoms with E-state index in [1.54, 1.807) is 18.5 Å². The molecule has 0 aliphatic carbocycles. The second-order valence-electron chi connectivity index (χ2n) is 2.32. The fourth-order valence-corrected chi connectivity index (χ4v) is 1.97. The highest BCUT2D eigenvalue weighted by atomic mass is 79.9. The highest BCUT2D eigenvalue weighted by Crippen LogP contribution is 2.19. The first-order chi connectivity index (χ1) is 6.25. The van der Waals surface area contributed by atoms with Crippen LogP contribution in [0.3, 0.4) is 0 Å². The molecule has 0 bridgehead atoms. The predicted octanol–water partition coefficient (Wildman–Crippen LogP) is 2.39. The van der Waals surface area contributed by atoms with Crippen LogP contribution < -0.4 is 0 Å². The summed E-state index contributed by atoms with van der Waals surface area (Å²) in [6, 6.07) is 1.78. The summed E-state index contributed by atoms with van der Waals surface area (Å²) in [6.07, 6.45) is 3.42. The van der Waals surface area contributed by atoms with Crippen molar-refractivity contribution in [3.05, 3.63) is 27.7 Å². The van der Waals surface area contributed by atoms with E-state index in [2.05, 4.69) is 52.0 Å². The molecule has 0 saturated heterocycles. The van der Waals surface area contributed by atoms with Gasteiger partial charge in [-0.3, -0.25) is 5.10 Å². The molecule has 0 amide bonds. The highest BCUT2D eigenvalue weighted by molar-refractivity contribution is 9.11. The average molecular weight is 304 g/mol. The standard InChI is InChI=1S/C7H4Br2N4/c8-5-1-6(9)13-7(12-5)4-2-10-11-3-4/h1-3H,(H,10,11). The fourth-order valence-electron chi connectivity index (χ4n) is 0.892. The number of H-pyrrole nitrogens is 1. The maximum atomic E-state index is 4.19. The zero-order valence-electron chi connectivity index (χ0n) is 6.33. The lowest BCUT2D eigenvalue weighted by Crippen LogP contribution is -1.88. The van der Waals surface area contributed by atoms with E-state index >= 15 is 0 Å². The van der Waals surface area contributed by atoms with Crippen molar-refractivity contribution in [2.45, 2.75) is 0 Å². The van der Waals surface area contributed by atoms with Crippen LogP contribution in [0.4, 0.5) is 0 Å². The minimum Gasteiger partial charge on any atom is -0.285 e. The van der Waals surface area contributed by atoms with Crippen LogP contribution in [0.1, 0.15) is 0 Å². The molecule has 2 rings (SSSR count). The number of aromatic amines is 1. The number of aromatic nitrogens is 4. The van der Waals surface area contributed by atoms with E-state index in [1.807, 2.05) is 0 Å². The summed E-state index contributed by atoms with van der Waals surface area (Å²) in [5.41, 5.74) is 0.863. The molecule has 0 spiro atoms. The summed E-state index contributed by atoms with van der Waals surface area (Å²) in [7, 11) is 0. The SMILES string of the molecule is Brc1cc(Br)nc(-c2cn[nH]c2)n1. The molecule has 0 atom stereocenters. The Bertz CT molecular complexity index is 392. The normalized spacial score (nSPS) is 10.3. The minimum absolute atomic E-state index is 0.634. The molecule has 2 heterocycles. The number of nitrogens with one attached hydrogen (secondary N) is 1. The van der Waals surface area contributed by atoms with E-state index < -0.39 is 0 Å². The molecule has 0 fully saturated rings. The summed E-state index contributed by atoms with van der Waals surface area (Å²) in [4.78, 5) is 8.38. The summed E-state index contributed by atoms with van der Waals surface area (Å²) in [6.45, 7) is 0. The third-order valence-electron chi connectivity index (χ3n) is 1.42. The van der Waals surface area contributed by atoms with Gasteiger partial charge in [0, 0.05) is 12.3 Å². The first kappa shape index (κ1) is 8.83. The van der Waals surface area contributed by atoms with Gasteiger partial charge in [-0.05, 0) is 31.9 Å². The molecule has 66 valence electrons. The van der Waals surface area contributed by atoms with E-state index in [-0.39, 0.29) is 0 Å². The van der Waals surface area contributed by atoms with Gasteiger partial charge in [-0.1, -0.05) is 0 Å². The molecular weight excluding hydrogens is 300 g/mol. The Balaban J connectivity index is 2.53. The first-order valence-corrected chi connectivity index (χ1v) is 5.03. The van der Waals surface area contributed by atoms with Crippen molar-refractivity contribution in [2.75, 3.05) is 0 Å². The van der Waals surface area contributed by atoms with Gasteiger partial charge in [0.1, 0.15) is 9.21 Å². The van der Waals surface area contributed by atoms with Gasteiger partial charge in [0.2, 0.25) is 0 Å². The molecule has 0 unspecified atom stereocenters. The van der Waals surface area contributed by atoms with Gasteiger partial charge in [-0.25, -0.2) is 9.97 Å². The average Bonchev–Trinajstić information content (AvgIpc) is 2.53. The van der Waals surface area contributed by atoms with Gasteiger partial charge in [-0.2, -0.15) is 5.10 Å². The maximum absolute atomic E-state index is 4.19. The zero-order valence-corrected chi connectivity index (χ0v) is 9.50. The zero-order chi connectivity index (χ0) is 9.26. The predicted molar refractivity (Wildman–Crippen MR) is 55.0 cm³/mol. The Kier molecular flexibility index (Phi) is 2.41. The Morgan fingerprint density at radius 1 is 1.15 bits per heavy atom. The minimum atomic E-state index is 0.634. The van der Waals surface area contributed by atoms with Gasteiger partial charge in [-0.15, -0.1) is 0 Å².